The smallest absolute Gasteiger partial charge is 0.317 e. The topological polar surface area (TPSA) is 52.7 Å². The van der Waals surface area contributed by atoms with Gasteiger partial charge in [-0.15, -0.1) is 0 Å². The number of urea groups is 1. The van der Waals surface area contributed by atoms with Crippen LogP contribution in [0.2, 0.25) is 0 Å². The Morgan fingerprint density at radius 1 is 0.826 bits per heavy atom. The minimum Gasteiger partial charge on any atom is -0.341 e. The number of rotatable bonds is 2. The molecule has 0 radical (unpaired) electrons. The summed E-state index contributed by atoms with van der Waals surface area (Å²) in [6, 6.07) is 0.575. The Kier molecular flexibility index (Phi) is 3.14. The maximum absolute atomic E-state index is 12.6. The van der Waals surface area contributed by atoms with Crippen molar-refractivity contribution < 1.29 is 9.59 Å². The van der Waals surface area contributed by atoms with E-state index in [-0.39, 0.29) is 11.9 Å². The van der Waals surface area contributed by atoms with Crippen molar-refractivity contribution in [3.05, 3.63) is 0 Å². The third-order valence-corrected chi connectivity index (χ3v) is 7.05. The van der Waals surface area contributed by atoms with Crippen LogP contribution in [-0.2, 0) is 4.79 Å². The molecule has 1 aliphatic heterocycles. The Morgan fingerprint density at radius 3 is 2.17 bits per heavy atom. The normalized spacial score (nSPS) is 41.5. The summed E-state index contributed by atoms with van der Waals surface area (Å²) in [6.45, 7) is 3.01. The molecule has 4 saturated carbocycles. The van der Waals surface area contributed by atoms with Crippen LogP contribution in [0.3, 0.4) is 0 Å². The lowest BCUT2D eigenvalue weighted by Gasteiger charge is -2.23. The fourth-order valence-corrected chi connectivity index (χ4v) is 5.68. The molecule has 3 amide bonds. The molecule has 0 aromatic carbocycles. The number of amides is 3. The molecule has 5 fully saturated rings. The minimum atomic E-state index is 0.115. The van der Waals surface area contributed by atoms with Gasteiger partial charge in [-0.25, -0.2) is 4.79 Å². The lowest BCUT2D eigenvalue weighted by atomic mass is 10.0. The average molecular weight is 317 g/mol. The monoisotopic (exact) mass is 317 g/mol. The molecule has 5 heteroatoms. The number of hydrogen-bond donors (Lipinski definition) is 1. The summed E-state index contributed by atoms with van der Waals surface area (Å²) < 4.78 is 0. The van der Waals surface area contributed by atoms with Crippen molar-refractivity contribution in [1.82, 2.24) is 15.1 Å². The molecular formula is C18H27N3O2. The molecule has 5 nitrogen and oxygen atoms in total. The number of fused-ring (bicyclic) bond motifs is 5. The predicted molar refractivity (Wildman–Crippen MR) is 85.6 cm³/mol. The van der Waals surface area contributed by atoms with E-state index in [4.69, 9.17) is 0 Å². The standard InChI is InChI=1S/C18H27N3O2/c22-17(11-2-3-11)20-6-1-7-21(9-8-20)18(23)19-16-14-12-4-5-13(10-12)15(14)16/h11-16H,1-10H2,(H,19,23). The molecule has 4 atom stereocenters. The van der Waals surface area contributed by atoms with Crippen LogP contribution in [0.4, 0.5) is 4.79 Å². The van der Waals surface area contributed by atoms with E-state index in [1.54, 1.807) is 0 Å². The van der Waals surface area contributed by atoms with E-state index in [1.807, 2.05) is 9.80 Å². The maximum atomic E-state index is 12.6. The first kappa shape index (κ1) is 14.1. The van der Waals surface area contributed by atoms with Gasteiger partial charge < -0.3 is 15.1 Å². The molecule has 1 saturated heterocycles. The van der Waals surface area contributed by atoms with Gasteiger partial charge in [-0.3, -0.25) is 4.79 Å². The molecule has 2 bridgehead atoms. The van der Waals surface area contributed by atoms with Crippen LogP contribution in [0, 0.1) is 29.6 Å². The third kappa shape index (κ3) is 2.34. The van der Waals surface area contributed by atoms with Gasteiger partial charge in [0.2, 0.25) is 5.91 Å². The van der Waals surface area contributed by atoms with Gasteiger partial charge in [-0.05, 0) is 62.2 Å². The largest absolute Gasteiger partial charge is 0.341 e. The summed E-state index contributed by atoms with van der Waals surface area (Å²) in [4.78, 5) is 28.7. The van der Waals surface area contributed by atoms with E-state index in [0.29, 0.717) is 25.0 Å². The number of carbonyl (C=O) groups is 2. The first-order valence-corrected chi connectivity index (χ1v) is 9.56. The highest BCUT2D eigenvalue weighted by Gasteiger charge is 2.65. The van der Waals surface area contributed by atoms with Crippen molar-refractivity contribution in [2.75, 3.05) is 26.2 Å². The van der Waals surface area contributed by atoms with Gasteiger partial charge >= 0.3 is 6.03 Å². The van der Waals surface area contributed by atoms with Crippen LogP contribution in [0.5, 0.6) is 0 Å². The molecule has 23 heavy (non-hydrogen) atoms. The highest BCUT2D eigenvalue weighted by molar-refractivity contribution is 5.81. The summed E-state index contributed by atoms with van der Waals surface area (Å²) in [5.41, 5.74) is 0. The molecule has 0 aromatic rings. The molecule has 5 rings (SSSR count). The zero-order chi connectivity index (χ0) is 15.6. The lowest BCUT2D eigenvalue weighted by molar-refractivity contribution is -0.132. The summed E-state index contributed by atoms with van der Waals surface area (Å²) in [5, 5.41) is 3.32. The second kappa shape index (κ2) is 5.12. The van der Waals surface area contributed by atoms with Crippen molar-refractivity contribution in [2.45, 2.75) is 44.6 Å². The highest BCUT2D eigenvalue weighted by atomic mass is 16.2. The van der Waals surface area contributed by atoms with E-state index < -0.39 is 0 Å². The van der Waals surface area contributed by atoms with Gasteiger partial charge in [0.25, 0.3) is 0 Å². The second-order valence-electron chi connectivity index (χ2n) is 8.40. The van der Waals surface area contributed by atoms with Crippen molar-refractivity contribution in [3.63, 3.8) is 0 Å². The summed E-state index contributed by atoms with van der Waals surface area (Å²) in [5.74, 6) is 3.98. The molecule has 4 unspecified atom stereocenters. The van der Waals surface area contributed by atoms with Crippen LogP contribution < -0.4 is 5.32 Å². The first-order chi connectivity index (χ1) is 11.2. The fraction of sp³-hybridized carbons (Fsp3) is 0.889. The van der Waals surface area contributed by atoms with E-state index in [0.717, 1.165) is 56.0 Å². The summed E-state index contributed by atoms with van der Waals surface area (Å²) >= 11 is 0. The Bertz CT molecular complexity index is 516. The quantitative estimate of drug-likeness (QED) is 0.842. The zero-order valence-corrected chi connectivity index (χ0v) is 13.7. The molecule has 0 spiro atoms. The SMILES string of the molecule is O=C(NC1C2C3CCC(C3)C12)N1CCCN(C(=O)C2CC2)CC1. The molecule has 5 aliphatic rings. The fourth-order valence-electron chi connectivity index (χ4n) is 5.68. The predicted octanol–water partition coefficient (Wildman–Crippen LogP) is 1.68. The number of hydrogen-bond acceptors (Lipinski definition) is 2. The van der Waals surface area contributed by atoms with E-state index >= 15 is 0 Å². The van der Waals surface area contributed by atoms with Gasteiger partial charge in [0.05, 0.1) is 0 Å². The maximum Gasteiger partial charge on any atom is 0.317 e. The Morgan fingerprint density at radius 2 is 1.48 bits per heavy atom. The number of carbonyl (C=O) groups excluding carboxylic acids is 2. The van der Waals surface area contributed by atoms with E-state index in [2.05, 4.69) is 5.32 Å². The van der Waals surface area contributed by atoms with Crippen LogP contribution >= 0.6 is 0 Å². The van der Waals surface area contributed by atoms with Crippen molar-refractivity contribution in [3.8, 4) is 0 Å². The lowest BCUT2D eigenvalue weighted by Crippen LogP contribution is -2.44. The number of nitrogens with zero attached hydrogens (tertiary/aromatic N) is 2. The summed E-state index contributed by atoms with van der Waals surface area (Å²) in [6.07, 6.45) is 7.23. The molecular weight excluding hydrogens is 290 g/mol. The third-order valence-electron chi connectivity index (χ3n) is 7.05. The van der Waals surface area contributed by atoms with Crippen molar-refractivity contribution >= 4 is 11.9 Å². The van der Waals surface area contributed by atoms with Crippen LogP contribution in [0.25, 0.3) is 0 Å². The Labute approximate surface area is 137 Å². The van der Waals surface area contributed by atoms with Crippen LogP contribution in [0.15, 0.2) is 0 Å². The average Bonchev–Trinajstić information content (AvgIpc) is 3.45. The molecule has 1 heterocycles. The van der Waals surface area contributed by atoms with E-state index in [1.165, 1.54) is 19.3 Å². The van der Waals surface area contributed by atoms with Crippen molar-refractivity contribution in [2.24, 2.45) is 29.6 Å². The Balaban J connectivity index is 1.15. The highest BCUT2D eigenvalue weighted by Crippen LogP contribution is 2.65. The van der Waals surface area contributed by atoms with Crippen molar-refractivity contribution in [1.29, 1.82) is 0 Å². The molecule has 1 N–H and O–H groups in total. The summed E-state index contributed by atoms with van der Waals surface area (Å²) in [7, 11) is 0. The zero-order valence-electron chi connectivity index (χ0n) is 13.7. The van der Waals surface area contributed by atoms with Gasteiger partial charge in [-0.2, -0.15) is 0 Å². The number of nitrogens with one attached hydrogen (secondary N) is 1. The first-order valence-electron chi connectivity index (χ1n) is 9.56. The second-order valence-corrected chi connectivity index (χ2v) is 8.40. The molecule has 0 aromatic heterocycles. The van der Waals surface area contributed by atoms with Gasteiger partial charge in [0, 0.05) is 38.1 Å². The minimum absolute atomic E-state index is 0.115. The van der Waals surface area contributed by atoms with Crippen LogP contribution in [-0.4, -0.2) is 54.0 Å². The van der Waals surface area contributed by atoms with Gasteiger partial charge in [0.15, 0.2) is 0 Å². The van der Waals surface area contributed by atoms with Gasteiger partial charge in [0.1, 0.15) is 0 Å². The molecule has 4 aliphatic carbocycles. The van der Waals surface area contributed by atoms with Gasteiger partial charge in [-0.1, -0.05) is 0 Å². The van der Waals surface area contributed by atoms with Crippen LogP contribution in [0.1, 0.15) is 38.5 Å². The van der Waals surface area contributed by atoms with E-state index in [9.17, 15) is 9.59 Å². The Hall–Kier alpha value is -1.26. The molecule has 126 valence electrons.